The number of thiazole rings is 1. The number of unbranched alkanes of at least 4 members (excludes halogenated alkanes) is 2. The first kappa shape index (κ1) is 14.0. The Morgan fingerprint density at radius 2 is 2.06 bits per heavy atom. The molecule has 1 aliphatic rings. The third-order valence-corrected chi connectivity index (χ3v) is 5.22. The summed E-state index contributed by atoms with van der Waals surface area (Å²) in [5.41, 5.74) is 1.30. The Morgan fingerprint density at radius 3 is 2.56 bits per heavy atom. The topological polar surface area (TPSA) is 24.9 Å². The van der Waals surface area contributed by atoms with Crippen LogP contribution in [0.15, 0.2) is 0 Å². The number of rotatable bonds is 7. The van der Waals surface area contributed by atoms with Crippen molar-refractivity contribution in [1.82, 2.24) is 10.3 Å². The minimum absolute atomic E-state index is 0.0972. The molecule has 2 rings (SSSR count). The van der Waals surface area contributed by atoms with Crippen molar-refractivity contribution in [3.05, 3.63) is 15.6 Å². The van der Waals surface area contributed by atoms with Gasteiger partial charge in [-0.1, -0.05) is 26.2 Å². The molecule has 1 aromatic rings. The molecule has 1 N–H and O–H groups in total. The smallest absolute Gasteiger partial charge is 0.113 e. The Labute approximate surface area is 115 Å². The van der Waals surface area contributed by atoms with E-state index in [1.165, 1.54) is 54.1 Å². The van der Waals surface area contributed by atoms with E-state index in [-0.39, 0.29) is 5.54 Å². The molecular formula is C15H26N2S. The molecule has 1 aliphatic carbocycles. The van der Waals surface area contributed by atoms with Gasteiger partial charge < -0.3 is 5.32 Å². The molecule has 0 aliphatic heterocycles. The van der Waals surface area contributed by atoms with Crippen LogP contribution in [0.5, 0.6) is 0 Å². The summed E-state index contributed by atoms with van der Waals surface area (Å²) >= 11 is 1.88. The fraction of sp³-hybridized carbons (Fsp3) is 0.800. The lowest BCUT2D eigenvalue weighted by Gasteiger charge is -2.29. The Hall–Kier alpha value is -0.410. The van der Waals surface area contributed by atoms with Crippen LogP contribution < -0.4 is 5.32 Å². The number of hydrogen-bond acceptors (Lipinski definition) is 3. The normalized spacial score (nSPS) is 18.9. The van der Waals surface area contributed by atoms with E-state index in [1.54, 1.807) is 0 Å². The highest BCUT2D eigenvalue weighted by atomic mass is 32.1. The van der Waals surface area contributed by atoms with Gasteiger partial charge in [-0.25, -0.2) is 4.98 Å². The summed E-state index contributed by atoms with van der Waals surface area (Å²) in [6, 6.07) is 0.737. The Bertz CT molecular complexity index is 376. The molecule has 1 unspecified atom stereocenters. The second-order valence-corrected chi connectivity index (χ2v) is 7.07. The van der Waals surface area contributed by atoms with Gasteiger partial charge in [0.05, 0.1) is 11.2 Å². The summed E-state index contributed by atoms with van der Waals surface area (Å²) < 4.78 is 0. The third-order valence-electron chi connectivity index (χ3n) is 3.88. The predicted octanol–water partition coefficient (Wildman–Crippen LogP) is 4.31. The lowest BCUT2D eigenvalue weighted by molar-refractivity contribution is 0.322. The number of hydrogen-bond donors (Lipinski definition) is 1. The van der Waals surface area contributed by atoms with Gasteiger partial charge in [0.2, 0.25) is 0 Å². The van der Waals surface area contributed by atoms with Gasteiger partial charge >= 0.3 is 0 Å². The van der Waals surface area contributed by atoms with Gasteiger partial charge in [-0.3, -0.25) is 0 Å². The van der Waals surface area contributed by atoms with Crippen LogP contribution in [-0.4, -0.2) is 11.0 Å². The summed E-state index contributed by atoms with van der Waals surface area (Å²) in [7, 11) is 0. The van der Waals surface area contributed by atoms with E-state index >= 15 is 0 Å². The monoisotopic (exact) mass is 266 g/mol. The highest BCUT2D eigenvalue weighted by Crippen LogP contribution is 2.35. The maximum absolute atomic E-state index is 4.80. The second-order valence-electron chi connectivity index (χ2n) is 5.87. The summed E-state index contributed by atoms with van der Waals surface area (Å²) in [6.07, 6.45) is 7.80. The second kappa shape index (κ2) is 5.70. The van der Waals surface area contributed by atoms with E-state index in [0.29, 0.717) is 0 Å². The fourth-order valence-electron chi connectivity index (χ4n) is 2.36. The van der Waals surface area contributed by atoms with Crippen LogP contribution in [0.3, 0.4) is 0 Å². The average Bonchev–Trinajstić information content (AvgIpc) is 3.05. The first-order valence-electron chi connectivity index (χ1n) is 7.27. The quantitative estimate of drug-likeness (QED) is 0.744. The van der Waals surface area contributed by atoms with Gasteiger partial charge in [-0.05, 0) is 40.0 Å². The Balaban J connectivity index is 2.11. The molecule has 0 aromatic carbocycles. The SMILES string of the molecule is CCCCCC(C)(NC1CC1)c1nc(C)c(C)s1. The zero-order chi connectivity index (χ0) is 13.2. The molecule has 1 saturated carbocycles. The highest BCUT2D eigenvalue weighted by molar-refractivity contribution is 7.11. The standard InChI is InChI=1S/C15H26N2S/c1-5-6-7-10-15(4,17-13-8-9-13)14-16-11(2)12(3)18-14/h13,17H,5-10H2,1-4H3. The average molecular weight is 266 g/mol. The number of aromatic nitrogens is 1. The molecule has 2 nitrogen and oxygen atoms in total. The molecule has 1 fully saturated rings. The maximum Gasteiger partial charge on any atom is 0.113 e. The lowest BCUT2D eigenvalue weighted by Crippen LogP contribution is -2.41. The van der Waals surface area contributed by atoms with Gasteiger partial charge in [-0.2, -0.15) is 0 Å². The molecular weight excluding hydrogens is 240 g/mol. The van der Waals surface area contributed by atoms with Crippen LogP contribution in [0.2, 0.25) is 0 Å². The number of nitrogens with one attached hydrogen (secondary N) is 1. The molecule has 0 spiro atoms. The molecule has 1 aromatic heterocycles. The largest absolute Gasteiger partial charge is 0.303 e. The van der Waals surface area contributed by atoms with Gasteiger partial charge in [0, 0.05) is 10.9 Å². The number of nitrogens with zero attached hydrogens (tertiary/aromatic N) is 1. The molecule has 0 saturated heterocycles. The fourth-order valence-corrected chi connectivity index (χ4v) is 3.41. The van der Waals surface area contributed by atoms with Gasteiger partial charge in [-0.15, -0.1) is 11.3 Å². The summed E-state index contributed by atoms with van der Waals surface area (Å²) in [5.74, 6) is 0. The summed E-state index contributed by atoms with van der Waals surface area (Å²) in [5, 5.41) is 5.12. The molecule has 102 valence electrons. The summed E-state index contributed by atoms with van der Waals surface area (Å²) in [6.45, 7) is 8.92. The molecule has 18 heavy (non-hydrogen) atoms. The van der Waals surface area contributed by atoms with E-state index in [4.69, 9.17) is 4.98 Å². The Kier molecular flexibility index (Phi) is 4.44. The number of aryl methyl sites for hydroxylation is 2. The molecule has 1 heterocycles. The molecule has 0 bridgehead atoms. The molecule has 3 heteroatoms. The van der Waals surface area contributed by atoms with Crippen molar-refractivity contribution in [1.29, 1.82) is 0 Å². The highest BCUT2D eigenvalue weighted by Gasteiger charge is 2.35. The first-order chi connectivity index (χ1) is 8.55. The van der Waals surface area contributed by atoms with Crippen molar-refractivity contribution >= 4 is 11.3 Å². The minimum atomic E-state index is 0.0972. The van der Waals surface area contributed by atoms with Crippen molar-refractivity contribution in [2.24, 2.45) is 0 Å². The van der Waals surface area contributed by atoms with Crippen LogP contribution in [0.25, 0.3) is 0 Å². The van der Waals surface area contributed by atoms with Gasteiger partial charge in [0.25, 0.3) is 0 Å². The van der Waals surface area contributed by atoms with Crippen LogP contribution in [0, 0.1) is 13.8 Å². The van der Waals surface area contributed by atoms with E-state index in [0.717, 1.165) is 6.04 Å². The molecule has 1 atom stereocenters. The Morgan fingerprint density at radius 1 is 1.33 bits per heavy atom. The van der Waals surface area contributed by atoms with Crippen LogP contribution >= 0.6 is 11.3 Å². The lowest BCUT2D eigenvalue weighted by atomic mass is 9.94. The molecule has 0 radical (unpaired) electrons. The van der Waals surface area contributed by atoms with E-state index < -0.39 is 0 Å². The zero-order valence-electron chi connectivity index (χ0n) is 12.2. The molecule has 0 amide bonds. The van der Waals surface area contributed by atoms with Crippen LogP contribution in [-0.2, 0) is 5.54 Å². The van der Waals surface area contributed by atoms with Crippen molar-refractivity contribution < 1.29 is 0 Å². The summed E-state index contributed by atoms with van der Waals surface area (Å²) in [4.78, 5) is 6.16. The van der Waals surface area contributed by atoms with Crippen LogP contribution in [0.1, 0.15) is 68.0 Å². The van der Waals surface area contributed by atoms with E-state index in [9.17, 15) is 0 Å². The van der Waals surface area contributed by atoms with Crippen LogP contribution in [0.4, 0.5) is 0 Å². The van der Waals surface area contributed by atoms with Crippen molar-refractivity contribution in [3.8, 4) is 0 Å². The van der Waals surface area contributed by atoms with Gasteiger partial charge in [0.1, 0.15) is 5.01 Å². The van der Waals surface area contributed by atoms with Crippen molar-refractivity contribution in [2.75, 3.05) is 0 Å². The maximum atomic E-state index is 4.80. The van der Waals surface area contributed by atoms with Crippen molar-refractivity contribution in [3.63, 3.8) is 0 Å². The predicted molar refractivity (Wildman–Crippen MR) is 79.2 cm³/mol. The first-order valence-corrected chi connectivity index (χ1v) is 8.09. The van der Waals surface area contributed by atoms with Gasteiger partial charge in [0.15, 0.2) is 0 Å². The minimum Gasteiger partial charge on any atom is -0.303 e. The van der Waals surface area contributed by atoms with E-state index in [1.807, 2.05) is 11.3 Å². The van der Waals surface area contributed by atoms with Crippen molar-refractivity contribution in [2.45, 2.75) is 77.8 Å². The van der Waals surface area contributed by atoms with E-state index in [2.05, 4.69) is 33.0 Å². The zero-order valence-corrected chi connectivity index (χ0v) is 13.0. The third kappa shape index (κ3) is 3.33.